The Labute approximate surface area is 220 Å². The smallest absolute Gasteiger partial charge is 0.295 e. The Morgan fingerprint density at radius 3 is 2.57 bits per heavy atom. The molecular formula is C24H23N7O4. The molecule has 0 spiro atoms. The number of carbonyl (C=O) groups is 3. The maximum atomic E-state index is 13.9. The lowest BCUT2D eigenvalue weighted by Crippen LogP contribution is -2.52. The second kappa shape index (κ2) is 9.01. The number of pyridine rings is 1. The van der Waals surface area contributed by atoms with Gasteiger partial charge in [0, 0.05) is 41.9 Å². The van der Waals surface area contributed by atoms with Crippen LogP contribution in [0.25, 0.3) is 16.7 Å². The molecule has 3 aromatic heterocycles. The van der Waals surface area contributed by atoms with Gasteiger partial charge in [-0.05, 0) is 19.0 Å². The van der Waals surface area contributed by atoms with E-state index in [4.69, 9.17) is 23.9 Å². The summed E-state index contributed by atoms with van der Waals surface area (Å²) < 4.78 is 119. The van der Waals surface area contributed by atoms with E-state index in [9.17, 15) is 14.4 Å². The van der Waals surface area contributed by atoms with Crippen LogP contribution < -0.4 is 4.74 Å². The van der Waals surface area contributed by atoms with Gasteiger partial charge in [-0.25, -0.2) is 14.6 Å². The van der Waals surface area contributed by atoms with Crippen LogP contribution in [0.5, 0.6) is 5.75 Å². The molecule has 1 saturated heterocycles. The molecule has 11 nitrogen and oxygen atoms in total. The summed E-state index contributed by atoms with van der Waals surface area (Å²) in [6, 6.07) is 6.49. The number of methoxy groups -OCH3 is 1. The van der Waals surface area contributed by atoms with Crippen molar-refractivity contribution in [2.24, 2.45) is 0 Å². The molecule has 1 N–H and O–H groups in total. The van der Waals surface area contributed by atoms with Crippen molar-refractivity contribution < 1.29 is 38.3 Å². The normalized spacial score (nSPS) is 26.2. The van der Waals surface area contributed by atoms with Crippen molar-refractivity contribution in [2.75, 3.05) is 33.0 Å². The lowest BCUT2D eigenvalue weighted by Gasteiger charge is -2.34. The number of hydrogen-bond donors (Lipinski definition) is 1. The van der Waals surface area contributed by atoms with Gasteiger partial charge in [-0.3, -0.25) is 14.4 Å². The molecule has 1 aliphatic heterocycles. The number of aromatic amines is 1. The highest BCUT2D eigenvalue weighted by molar-refractivity contribution is 6.45. The minimum atomic E-state index is -3.91. The van der Waals surface area contributed by atoms with Gasteiger partial charge in [-0.1, -0.05) is 18.2 Å². The predicted molar refractivity (Wildman–Crippen MR) is 126 cm³/mol. The van der Waals surface area contributed by atoms with Crippen LogP contribution in [-0.2, 0) is 4.79 Å². The molecular weight excluding hydrogens is 450 g/mol. The van der Waals surface area contributed by atoms with Crippen LogP contribution in [-0.4, -0.2) is 85.2 Å². The summed E-state index contributed by atoms with van der Waals surface area (Å²) in [5.41, 5.74) is -1.40. The summed E-state index contributed by atoms with van der Waals surface area (Å²) in [4.78, 5) is 50.4. The number of nitrogens with zero attached hydrogens (tertiary/aromatic N) is 6. The predicted octanol–water partition coefficient (Wildman–Crippen LogP) is 1.63. The van der Waals surface area contributed by atoms with E-state index in [0.29, 0.717) is 0 Å². The van der Waals surface area contributed by atoms with Gasteiger partial charge in [-0.2, -0.15) is 5.10 Å². The molecule has 4 aromatic rings. The van der Waals surface area contributed by atoms with E-state index in [1.54, 1.807) is 0 Å². The Morgan fingerprint density at radius 2 is 1.86 bits per heavy atom. The zero-order chi connectivity index (χ0) is 36.7. The van der Waals surface area contributed by atoms with Gasteiger partial charge in [0.05, 0.1) is 44.8 Å². The molecule has 0 saturated carbocycles. The molecule has 1 aromatic carbocycles. The molecule has 35 heavy (non-hydrogen) atoms. The molecule has 1 aliphatic rings. The number of nitrogens with one attached hydrogen (secondary N) is 1. The van der Waals surface area contributed by atoms with Crippen LogP contribution in [0.15, 0.2) is 49.1 Å². The van der Waals surface area contributed by atoms with Gasteiger partial charge in [0.25, 0.3) is 17.6 Å². The van der Waals surface area contributed by atoms with Crippen LogP contribution in [0.4, 0.5) is 0 Å². The lowest BCUT2D eigenvalue weighted by atomic mass is 10.1. The summed E-state index contributed by atoms with van der Waals surface area (Å²) in [5.74, 6) is -6.92. The van der Waals surface area contributed by atoms with Gasteiger partial charge < -0.3 is 19.5 Å². The molecule has 1 fully saturated rings. The van der Waals surface area contributed by atoms with E-state index < -0.39 is 84.9 Å². The Balaban J connectivity index is 1.65. The number of ether oxygens (including phenoxy) is 1. The third kappa shape index (κ3) is 4.01. The molecule has 2 amide bonds. The second-order valence-corrected chi connectivity index (χ2v) is 6.94. The standard InChI is InChI=1S/C24H23N7O4/c1-15-27-14-31(28-15)22-20-19(18(35-2)13-26-22)17(12-25-20)21(32)24(34)30-10-8-29(9-11-30)23(33)16-6-4-3-5-7-16/h3-7,12-14,25H,8-11H2,1-2H3/i1D3,2D3,8D2,9D2,10D2,11D2. The molecule has 0 atom stereocenters. The fraction of sp³-hybridized carbons (Fsp3) is 0.250. The first-order valence-electron chi connectivity index (χ1n) is 16.8. The zero-order valence-electron chi connectivity index (χ0n) is 31.4. The van der Waals surface area contributed by atoms with Crippen LogP contribution in [0.1, 0.15) is 45.7 Å². The molecule has 11 heteroatoms. The third-order valence-corrected chi connectivity index (χ3v) is 4.89. The number of Topliss-reactive ketones (excluding diaryl/α,β-unsaturated/α-hetero) is 1. The van der Waals surface area contributed by atoms with E-state index in [1.165, 1.54) is 18.2 Å². The molecule has 0 aliphatic carbocycles. The Morgan fingerprint density at radius 1 is 1.09 bits per heavy atom. The number of aryl methyl sites for hydroxylation is 1. The van der Waals surface area contributed by atoms with Crippen molar-refractivity contribution in [1.82, 2.24) is 34.5 Å². The lowest BCUT2D eigenvalue weighted by molar-refractivity contribution is -0.127. The fourth-order valence-corrected chi connectivity index (χ4v) is 3.29. The quantitative estimate of drug-likeness (QED) is 0.335. The summed E-state index contributed by atoms with van der Waals surface area (Å²) >= 11 is 0. The van der Waals surface area contributed by atoms with Crippen LogP contribution in [0, 0.1) is 6.85 Å². The van der Waals surface area contributed by atoms with Crippen molar-refractivity contribution >= 4 is 28.5 Å². The Bertz CT molecular complexity index is 1940. The molecule has 4 heterocycles. The maximum Gasteiger partial charge on any atom is 0.295 e. The number of aromatic nitrogens is 5. The molecule has 178 valence electrons. The van der Waals surface area contributed by atoms with Crippen LogP contribution >= 0.6 is 0 Å². The Hall–Kier alpha value is -4.54. The van der Waals surface area contributed by atoms with E-state index in [2.05, 4.69) is 20.1 Å². The van der Waals surface area contributed by atoms with Gasteiger partial charge in [-0.15, -0.1) is 0 Å². The van der Waals surface area contributed by atoms with Crippen molar-refractivity contribution in [3.63, 3.8) is 0 Å². The first-order chi connectivity index (χ1) is 22.4. The summed E-state index contributed by atoms with van der Waals surface area (Å²) in [6.45, 7) is -18.2. The van der Waals surface area contributed by atoms with Crippen molar-refractivity contribution in [1.29, 1.82) is 0 Å². The highest BCUT2D eigenvalue weighted by atomic mass is 16.5. The van der Waals surface area contributed by atoms with E-state index in [0.717, 1.165) is 35.5 Å². The highest BCUT2D eigenvalue weighted by Gasteiger charge is 2.31. The second-order valence-electron chi connectivity index (χ2n) is 6.94. The molecule has 0 unspecified atom stereocenters. The number of fused-ring (bicyclic) bond motifs is 1. The van der Waals surface area contributed by atoms with Crippen LogP contribution in [0.3, 0.4) is 0 Å². The average Bonchev–Trinajstić information content (AvgIpc) is 3.64. The Kier molecular flexibility index (Phi) is 2.90. The number of amides is 2. The van der Waals surface area contributed by atoms with Crippen molar-refractivity contribution in [3.8, 4) is 11.6 Å². The monoisotopic (exact) mass is 487 g/mol. The summed E-state index contributed by atoms with van der Waals surface area (Å²) in [7, 11) is -3.16. The zero-order valence-corrected chi connectivity index (χ0v) is 17.4. The minimum absolute atomic E-state index is 0.283. The number of ketones is 1. The van der Waals surface area contributed by atoms with Crippen molar-refractivity contribution in [2.45, 2.75) is 6.85 Å². The molecule has 0 radical (unpaired) electrons. The van der Waals surface area contributed by atoms with E-state index in [1.807, 2.05) is 0 Å². The number of rotatable bonds is 5. The van der Waals surface area contributed by atoms with E-state index in [-0.39, 0.29) is 21.8 Å². The molecule has 0 bridgehead atoms. The first kappa shape index (κ1) is 11.3. The topological polar surface area (TPSA) is 126 Å². The fourth-order valence-electron chi connectivity index (χ4n) is 3.29. The summed E-state index contributed by atoms with van der Waals surface area (Å²) in [6.07, 6.45) is 2.54. The summed E-state index contributed by atoms with van der Waals surface area (Å²) in [5, 5.41) is 3.31. The number of benzene rings is 1. The van der Waals surface area contributed by atoms with Gasteiger partial charge >= 0.3 is 0 Å². The largest absolute Gasteiger partial charge is 0.494 e. The third-order valence-electron chi connectivity index (χ3n) is 4.89. The minimum Gasteiger partial charge on any atom is -0.494 e. The van der Waals surface area contributed by atoms with E-state index >= 15 is 0 Å². The van der Waals surface area contributed by atoms with Crippen molar-refractivity contribution in [3.05, 3.63) is 66.0 Å². The maximum absolute atomic E-state index is 13.9. The number of hydrogen-bond acceptors (Lipinski definition) is 7. The number of carbonyl (C=O) groups excluding carboxylic acids is 3. The number of H-pyrrole nitrogens is 1. The highest BCUT2D eigenvalue weighted by Crippen LogP contribution is 2.31. The van der Waals surface area contributed by atoms with Crippen LogP contribution in [0.2, 0.25) is 0 Å². The number of piperazine rings is 1. The van der Waals surface area contributed by atoms with Gasteiger partial charge in [0.2, 0.25) is 0 Å². The molecule has 5 rings (SSSR count). The average molecular weight is 488 g/mol. The first-order valence-corrected chi connectivity index (χ1v) is 9.76. The van der Waals surface area contributed by atoms with Gasteiger partial charge in [0.1, 0.15) is 17.9 Å². The SMILES string of the molecule is [2H]C([2H])([2H])Oc1cnc(-n2cnc(C([2H])([2H])[2H])n2)c2[nH]cc(C(=O)C(=O)N3C([2H])([2H])C([2H])([2H])N(C(=O)c4ccccc4)C([2H])([2H])C3([2H])[2H])c12. The van der Waals surface area contributed by atoms with Gasteiger partial charge in [0.15, 0.2) is 5.82 Å².